The first-order valence-corrected chi connectivity index (χ1v) is 6.32. The first-order chi connectivity index (χ1) is 6.83. The standard InChI is InChI=1S/C11H18N2S/c1-2-8-3-4-9-10(7-8)14-11(13-9)5-6-12/h8H,2-7,12H2,1H3. The van der Waals surface area contributed by atoms with Gasteiger partial charge in [-0.3, -0.25) is 0 Å². The van der Waals surface area contributed by atoms with Gasteiger partial charge in [-0.05, 0) is 31.7 Å². The van der Waals surface area contributed by atoms with Crippen LogP contribution in [0.2, 0.25) is 0 Å². The van der Waals surface area contributed by atoms with Gasteiger partial charge in [-0.25, -0.2) is 4.98 Å². The lowest BCUT2D eigenvalue weighted by molar-refractivity contribution is 0.445. The second-order valence-corrected chi connectivity index (χ2v) is 5.20. The minimum Gasteiger partial charge on any atom is -0.330 e. The highest BCUT2D eigenvalue weighted by atomic mass is 32.1. The van der Waals surface area contributed by atoms with E-state index in [0.29, 0.717) is 0 Å². The van der Waals surface area contributed by atoms with Gasteiger partial charge in [0.05, 0.1) is 10.7 Å². The van der Waals surface area contributed by atoms with Gasteiger partial charge in [0.1, 0.15) is 0 Å². The van der Waals surface area contributed by atoms with E-state index >= 15 is 0 Å². The van der Waals surface area contributed by atoms with Crippen LogP contribution < -0.4 is 5.73 Å². The van der Waals surface area contributed by atoms with Crippen LogP contribution in [0.25, 0.3) is 0 Å². The molecule has 1 aliphatic carbocycles. The Balaban J connectivity index is 2.12. The van der Waals surface area contributed by atoms with Crippen LogP contribution in [0, 0.1) is 5.92 Å². The maximum atomic E-state index is 5.54. The Kier molecular flexibility index (Phi) is 3.19. The van der Waals surface area contributed by atoms with Crippen LogP contribution in [-0.4, -0.2) is 11.5 Å². The predicted octanol–water partition coefficient (Wildman–Crippen LogP) is 2.16. The van der Waals surface area contributed by atoms with E-state index in [1.807, 2.05) is 11.3 Å². The van der Waals surface area contributed by atoms with Crippen molar-refractivity contribution in [2.75, 3.05) is 6.54 Å². The van der Waals surface area contributed by atoms with Crippen molar-refractivity contribution in [3.05, 3.63) is 15.6 Å². The Morgan fingerprint density at radius 1 is 1.57 bits per heavy atom. The first kappa shape index (κ1) is 10.1. The van der Waals surface area contributed by atoms with Crippen molar-refractivity contribution in [2.24, 2.45) is 11.7 Å². The fourth-order valence-corrected chi connectivity index (χ4v) is 3.32. The minimum absolute atomic E-state index is 0.726. The first-order valence-electron chi connectivity index (χ1n) is 5.51. The molecule has 0 aliphatic heterocycles. The Morgan fingerprint density at radius 2 is 2.43 bits per heavy atom. The molecule has 3 heteroatoms. The van der Waals surface area contributed by atoms with E-state index in [2.05, 4.69) is 11.9 Å². The molecule has 0 amide bonds. The van der Waals surface area contributed by atoms with Crippen molar-refractivity contribution >= 4 is 11.3 Å². The zero-order chi connectivity index (χ0) is 9.97. The molecule has 0 bridgehead atoms. The lowest BCUT2D eigenvalue weighted by Gasteiger charge is -2.18. The summed E-state index contributed by atoms with van der Waals surface area (Å²) in [5.74, 6) is 0.897. The quantitative estimate of drug-likeness (QED) is 0.830. The highest BCUT2D eigenvalue weighted by molar-refractivity contribution is 7.11. The Morgan fingerprint density at radius 3 is 3.14 bits per heavy atom. The molecule has 1 unspecified atom stereocenters. The van der Waals surface area contributed by atoms with E-state index in [1.54, 1.807) is 0 Å². The summed E-state index contributed by atoms with van der Waals surface area (Å²) in [6.07, 6.45) is 6.04. The van der Waals surface area contributed by atoms with Crippen LogP contribution in [0.3, 0.4) is 0 Å². The summed E-state index contributed by atoms with van der Waals surface area (Å²) in [4.78, 5) is 6.18. The molecule has 0 fully saturated rings. The van der Waals surface area contributed by atoms with Crippen molar-refractivity contribution < 1.29 is 0 Å². The summed E-state index contributed by atoms with van der Waals surface area (Å²) >= 11 is 1.89. The number of nitrogens with two attached hydrogens (primary N) is 1. The lowest BCUT2D eigenvalue weighted by atomic mass is 9.89. The molecule has 78 valence electrons. The Labute approximate surface area is 89.5 Å². The summed E-state index contributed by atoms with van der Waals surface area (Å²) in [7, 11) is 0. The van der Waals surface area contributed by atoms with Crippen molar-refractivity contribution in [1.29, 1.82) is 0 Å². The number of hydrogen-bond acceptors (Lipinski definition) is 3. The fraction of sp³-hybridized carbons (Fsp3) is 0.727. The summed E-state index contributed by atoms with van der Waals surface area (Å²) in [6, 6.07) is 0. The Bertz CT molecular complexity index is 306. The van der Waals surface area contributed by atoms with Crippen molar-refractivity contribution in [1.82, 2.24) is 4.98 Å². The van der Waals surface area contributed by atoms with Gasteiger partial charge in [-0.15, -0.1) is 11.3 Å². The fourth-order valence-electron chi connectivity index (χ4n) is 2.08. The lowest BCUT2D eigenvalue weighted by Crippen LogP contribution is -2.11. The van der Waals surface area contributed by atoms with Crippen LogP contribution in [0.4, 0.5) is 0 Å². The van der Waals surface area contributed by atoms with Gasteiger partial charge in [0.2, 0.25) is 0 Å². The number of thiazole rings is 1. The van der Waals surface area contributed by atoms with Crippen LogP contribution in [0.5, 0.6) is 0 Å². The zero-order valence-electron chi connectivity index (χ0n) is 8.75. The third-order valence-corrected chi connectivity index (χ3v) is 4.20. The van der Waals surface area contributed by atoms with Crippen LogP contribution in [0.1, 0.15) is 35.3 Å². The van der Waals surface area contributed by atoms with Crippen molar-refractivity contribution in [2.45, 2.75) is 39.0 Å². The number of aromatic nitrogens is 1. The molecule has 14 heavy (non-hydrogen) atoms. The summed E-state index contributed by atoms with van der Waals surface area (Å²) in [5.41, 5.74) is 6.90. The largest absolute Gasteiger partial charge is 0.330 e. The maximum Gasteiger partial charge on any atom is 0.0943 e. The smallest absolute Gasteiger partial charge is 0.0943 e. The summed E-state index contributed by atoms with van der Waals surface area (Å²) < 4.78 is 0. The summed E-state index contributed by atoms with van der Waals surface area (Å²) in [6.45, 7) is 3.01. The SMILES string of the molecule is CCC1CCc2nc(CCN)sc2C1. The number of nitrogens with zero attached hydrogens (tertiary/aromatic N) is 1. The van der Waals surface area contributed by atoms with E-state index in [4.69, 9.17) is 5.73 Å². The van der Waals surface area contributed by atoms with E-state index in [-0.39, 0.29) is 0 Å². The maximum absolute atomic E-state index is 5.54. The number of hydrogen-bond donors (Lipinski definition) is 1. The van der Waals surface area contributed by atoms with Gasteiger partial charge >= 0.3 is 0 Å². The highest BCUT2D eigenvalue weighted by Gasteiger charge is 2.20. The minimum atomic E-state index is 0.726. The Hall–Kier alpha value is -0.410. The molecule has 0 saturated carbocycles. The second-order valence-electron chi connectivity index (χ2n) is 4.03. The normalized spacial score (nSPS) is 20.9. The third kappa shape index (κ3) is 1.98. The number of aryl methyl sites for hydroxylation is 1. The molecule has 1 aliphatic rings. The average Bonchev–Trinajstić information content (AvgIpc) is 2.59. The van der Waals surface area contributed by atoms with E-state index in [9.17, 15) is 0 Å². The topological polar surface area (TPSA) is 38.9 Å². The van der Waals surface area contributed by atoms with Gasteiger partial charge in [0.25, 0.3) is 0 Å². The monoisotopic (exact) mass is 210 g/mol. The average molecular weight is 210 g/mol. The molecule has 0 aromatic carbocycles. The number of fused-ring (bicyclic) bond motifs is 1. The molecule has 1 heterocycles. The van der Waals surface area contributed by atoms with Gasteiger partial charge in [-0.1, -0.05) is 13.3 Å². The zero-order valence-corrected chi connectivity index (χ0v) is 9.57. The van der Waals surface area contributed by atoms with E-state index in [1.165, 1.54) is 41.3 Å². The van der Waals surface area contributed by atoms with Crippen LogP contribution in [0.15, 0.2) is 0 Å². The van der Waals surface area contributed by atoms with Crippen molar-refractivity contribution in [3.63, 3.8) is 0 Å². The van der Waals surface area contributed by atoms with Gasteiger partial charge in [0, 0.05) is 11.3 Å². The number of rotatable bonds is 3. The predicted molar refractivity (Wildman–Crippen MR) is 60.7 cm³/mol. The molecular formula is C11H18N2S. The van der Waals surface area contributed by atoms with E-state index in [0.717, 1.165) is 18.9 Å². The van der Waals surface area contributed by atoms with Crippen LogP contribution >= 0.6 is 11.3 Å². The highest BCUT2D eigenvalue weighted by Crippen LogP contribution is 2.31. The molecule has 0 spiro atoms. The molecule has 1 aromatic rings. The molecule has 2 N–H and O–H groups in total. The van der Waals surface area contributed by atoms with Gasteiger partial charge in [-0.2, -0.15) is 0 Å². The van der Waals surface area contributed by atoms with E-state index < -0.39 is 0 Å². The molecule has 2 nitrogen and oxygen atoms in total. The van der Waals surface area contributed by atoms with Gasteiger partial charge in [0.15, 0.2) is 0 Å². The second kappa shape index (κ2) is 4.41. The van der Waals surface area contributed by atoms with Crippen molar-refractivity contribution in [3.8, 4) is 0 Å². The van der Waals surface area contributed by atoms with Gasteiger partial charge < -0.3 is 5.73 Å². The van der Waals surface area contributed by atoms with Crippen LogP contribution in [-0.2, 0) is 19.3 Å². The molecule has 0 radical (unpaired) electrons. The molecule has 0 saturated heterocycles. The molecule has 2 rings (SSSR count). The summed E-state index contributed by atoms with van der Waals surface area (Å²) in [5, 5.41) is 1.24. The molecule has 1 atom stereocenters. The molecular weight excluding hydrogens is 192 g/mol. The molecule has 1 aromatic heterocycles. The third-order valence-electron chi connectivity index (χ3n) is 3.02.